The summed E-state index contributed by atoms with van der Waals surface area (Å²) in [6.07, 6.45) is 2.61. The number of pyridine rings is 1. The van der Waals surface area contributed by atoms with Crippen LogP contribution in [-0.2, 0) is 13.2 Å². The number of ether oxygens (including phenoxy) is 3. The number of aromatic nitrogens is 1. The molecule has 160 valence electrons. The van der Waals surface area contributed by atoms with E-state index < -0.39 is 0 Å². The van der Waals surface area contributed by atoms with Gasteiger partial charge in [0, 0.05) is 43.5 Å². The summed E-state index contributed by atoms with van der Waals surface area (Å²) in [7, 11) is 1.73. The van der Waals surface area contributed by atoms with Crippen LogP contribution in [0, 0.1) is 0 Å². The molecular formula is C24H26N4O3. The van der Waals surface area contributed by atoms with Crippen LogP contribution in [0.1, 0.15) is 17.5 Å². The van der Waals surface area contributed by atoms with Crippen molar-refractivity contribution in [3.05, 3.63) is 78.0 Å². The van der Waals surface area contributed by atoms with Crippen LogP contribution >= 0.6 is 0 Å². The van der Waals surface area contributed by atoms with E-state index in [0.29, 0.717) is 38.2 Å². The summed E-state index contributed by atoms with van der Waals surface area (Å²) in [4.78, 5) is 8.70. The molecule has 0 saturated heterocycles. The van der Waals surface area contributed by atoms with E-state index >= 15 is 0 Å². The third kappa shape index (κ3) is 5.66. The molecule has 3 aromatic rings. The van der Waals surface area contributed by atoms with Gasteiger partial charge in [0.05, 0.1) is 13.2 Å². The zero-order valence-electron chi connectivity index (χ0n) is 17.5. The molecule has 0 saturated carbocycles. The third-order valence-electron chi connectivity index (χ3n) is 4.75. The third-order valence-corrected chi connectivity index (χ3v) is 4.75. The lowest BCUT2D eigenvalue weighted by molar-refractivity contribution is 0.290. The fourth-order valence-electron chi connectivity index (χ4n) is 3.15. The van der Waals surface area contributed by atoms with Crippen molar-refractivity contribution in [3.63, 3.8) is 0 Å². The lowest BCUT2D eigenvalue weighted by Gasteiger charge is -2.15. The van der Waals surface area contributed by atoms with Gasteiger partial charge in [0.15, 0.2) is 17.5 Å². The number of nitrogens with one attached hydrogen (secondary N) is 2. The Hall–Kier alpha value is -3.74. The number of aliphatic imine (C=N–C) groups is 1. The van der Waals surface area contributed by atoms with Crippen molar-refractivity contribution in [3.8, 4) is 17.4 Å². The van der Waals surface area contributed by atoms with Gasteiger partial charge in [-0.2, -0.15) is 0 Å². The van der Waals surface area contributed by atoms with Gasteiger partial charge in [-0.25, -0.2) is 4.98 Å². The predicted molar refractivity (Wildman–Crippen MR) is 121 cm³/mol. The Morgan fingerprint density at radius 2 is 1.87 bits per heavy atom. The van der Waals surface area contributed by atoms with Crippen molar-refractivity contribution in [2.75, 3.05) is 25.6 Å². The molecule has 0 unspecified atom stereocenters. The minimum Gasteiger partial charge on any atom is -0.490 e. The fourth-order valence-corrected chi connectivity index (χ4v) is 3.15. The quantitative estimate of drug-likeness (QED) is 0.465. The number of anilines is 1. The smallest absolute Gasteiger partial charge is 0.218 e. The second-order valence-electron chi connectivity index (χ2n) is 7.00. The Morgan fingerprint density at radius 3 is 2.71 bits per heavy atom. The molecule has 7 heteroatoms. The molecule has 0 fully saturated rings. The minimum absolute atomic E-state index is 0.467. The van der Waals surface area contributed by atoms with E-state index in [1.807, 2.05) is 60.7 Å². The Labute approximate surface area is 182 Å². The van der Waals surface area contributed by atoms with E-state index in [1.165, 1.54) is 0 Å². The Kier molecular flexibility index (Phi) is 6.85. The Bertz CT molecular complexity index is 1020. The highest BCUT2D eigenvalue weighted by molar-refractivity contribution is 5.93. The van der Waals surface area contributed by atoms with E-state index in [1.54, 1.807) is 13.2 Å². The number of nitrogens with zero attached hydrogens (tertiary/aromatic N) is 2. The van der Waals surface area contributed by atoms with E-state index in [9.17, 15) is 0 Å². The molecule has 0 aliphatic carbocycles. The molecule has 0 bridgehead atoms. The number of hydrogen-bond donors (Lipinski definition) is 2. The van der Waals surface area contributed by atoms with Crippen molar-refractivity contribution in [2.24, 2.45) is 4.99 Å². The SMILES string of the molecule is CN=C(NCc1cccnc1OCc1ccccc1)Nc1ccc2c(c1)OCCCO2. The molecule has 0 amide bonds. The van der Waals surface area contributed by atoms with Crippen molar-refractivity contribution < 1.29 is 14.2 Å². The highest BCUT2D eigenvalue weighted by Gasteiger charge is 2.12. The van der Waals surface area contributed by atoms with Crippen LogP contribution in [0.2, 0.25) is 0 Å². The van der Waals surface area contributed by atoms with Gasteiger partial charge >= 0.3 is 0 Å². The molecule has 31 heavy (non-hydrogen) atoms. The topological polar surface area (TPSA) is 77.0 Å². The second-order valence-corrected chi connectivity index (χ2v) is 7.00. The van der Waals surface area contributed by atoms with Gasteiger partial charge in [0.1, 0.15) is 6.61 Å². The molecular weight excluding hydrogens is 392 g/mol. The number of rotatable bonds is 6. The molecule has 1 aliphatic rings. The maximum absolute atomic E-state index is 5.94. The Balaban J connectivity index is 1.37. The summed E-state index contributed by atoms with van der Waals surface area (Å²) in [6.45, 7) is 2.30. The summed E-state index contributed by atoms with van der Waals surface area (Å²) < 4.78 is 17.4. The molecule has 2 heterocycles. The molecule has 1 aliphatic heterocycles. The molecule has 2 N–H and O–H groups in total. The molecule has 4 rings (SSSR count). The first-order valence-electron chi connectivity index (χ1n) is 10.3. The molecule has 0 spiro atoms. The largest absolute Gasteiger partial charge is 0.490 e. The number of hydrogen-bond acceptors (Lipinski definition) is 5. The van der Waals surface area contributed by atoms with Crippen molar-refractivity contribution in [1.29, 1.82) is 0 Å². The van der Waals surface area contributed by atoms with Gasteiger partial charge in [-0.15, -0.1) is 0 Å². The van der Waals surface area contributed by atoms with Crippen molar-refractivity contribution >= 4 is 11.6 Å². The number of fused-ring (bicyclic) bond motifs is 1. The van der Waals surface area contributed by atoms with Crippen LogP contribution in [0.5, 0.6) is 17.4 Å². The minimum atomic E-state index is 0.467. The second kappa shape index (κ2) is 10.3. The molecule has 0 radical (unpaired) electrons. The zero-order chi connectivity index (χ0) is 21.3. The van der Waals surface area contributed by atoms with Crippen LogP contribution in [0.15, 0.2) is 71.9 Å². The van der Waals surface area contributed by atoms with Gasteiger partial charge in [0.25, 0.3) is 0 Å². The first kappa shape index (κ1) is 20.5. The van der Waals surface area contributed by atoms with E-state index in [4.69, 9.17) is 14.2 Å². The first-order chi connectivity index (χ1) is 15.3. The van der Waals surface area contributed by atoms with Gasteiger partial charge in [0.2, 0.25) is 5.88 Å². The number of benzene rings is 2. The molecule has 7 nitrogen and oxygen atoms in total. The van der Waals surface area contributed by atoms with Gasteiger partial charge in [-0.3, -0.25) is 4.99 Å². The summed E-state index contributed by atoms with van der Waals surface area (Å²) in [5.41, 5.74) is 2.91. The van der Waals surface area contributed by atoms with Crippen molar-refractivity contribution in [2.45, 2.75) is 19.6 Å². The molecule has 0 atom stereocenters. The lowest BCUT2D eigenvalue weighted by Crippen LogP contribution is -2.30. The summed E-state index contributed by atoms with van der Waals surface area (Å²) >= 11 is 0. The maximum Gasteiger partial charge on any atom is 0.218 e. The van der Waals surface area contributed by atoms with Gasteiger partial charge in [-0.05, 0) is 23.8 Å². The first-order valence-corrected chi connectivity index (χ1v) is 10.3. The van der Waals surface area contributed by atoms with E-state index in [-0.39, 0.29) is 0 Å². The van der Waals surface area contributed by atoms with Gasteiger partial charge < -0.3 is 24.8 Å². The summed E-state index contributed by atoms with van der Waals surface area (Å²) in [5, 5.41) is 6.60. The van der Waals surface area contributed by atoms with Crippen LogP contribution in [-0.4, -0.2) is 31.2 Å². The standard InChI is InChI=1S/C24H26N4O3/c1-25-24(28-20-10-11-21-22(15-20)30-14-6-13-29-21)27-16-19-9-5-12-26-23(19)31-17-18-7-3-2-4-8-18/h2-5,7-12,15H,6,13-14,16-17H2,1H3,(H2,25,27,28). The van der Waals surface area contributed by atoms with Crippen LogP contribution in [0.25, 0.3) is 0 Å². The average Bonchev–Trinajstić information content (AvgIpc) is 3.06. The Morgan fingerprint density at radius 1 is 1.03 bits per heavy atom. The summed E-state index contributed by atoms with van der Waals surface area (Å²) in [5.74, 6) is 2.74. The van der Waals surface area contributed by atoms with Crippen molar-refractivity contribution in [1.82, 2.24) is 10.3 Å². The molecule has 2 aromatic carbocycles. The highest BCUT2D eigenvalue weighted by Crippen LogP contribution is 2.32. The van der Waals surface area contributed by atoms with E-state index in [0.717, 1.165) is 34.7 Å². The lowest BCUT2D eigenvalue weighted by atomic mass is 10.2. The van der Waals surface area contributed by atoms with Crippen LogP contribution in [0.4, 0.5) is 5.69 Å². The predicted octanol–water partition coefficient (Wildman–Crippen LogP) is 4.01. The van der Waals surface area contributed by atoms with Crippen LogP contribution < -0.4 is 24.8 Å². The number of guanidine groups is 1. The van der Waals surface area contributed by atoms with Crippen LogP contribution in [0.3, 0.4) is 0 Å². The highest BCUT2D eigenvalue weighted by atomic mass is 16.5. The van der Waals surface area contributed by atoms with E-state index in [2.05, 4.69) is 20.6 Å². The van der Waals surface area contributed by atoms with Gasteiger partial charge in [-0.1, -0.05) is 36.4 Å². The molecule has 1 aromatic heterocycles. The normalized spacial score (nSPS) is 13.3. The average molecular weight is 418 g/mol. The zero-order valence-corrected chi connectivity index (χ0v) is 17.5. The summed E-state index contributed by atoms with van der Waals surface area (Å²) in [6, 6.07) is 19.7. The monoisotopic (exact) mass is 418 g/mol. The maximum atomic E-state index is 5.94. The fraction of sp³-hybridized carbons (Fsp3) is 0.250.